The van der Waals surface area contributed by atoms with Gasteiger partial charge in [-0.2, -0.15) is 5.26 Å². The van der Waals surface area contributed by atoms with Gasteiger partial charge in [-0.25, -0.2) is 8.42 Å². The van der Waals surface area contributed by atoms with Crippen molar-refractivity contribution in [3.8, 4) is 6.07 Å². The van der Waals surface area contributed by atoms with Crippen LogP contribution in [-0.2, 0) is 9.84 Å². The van der Waals surface area contributed by atoms with Crippen LogP contribution in [0.4, 0.5) is 0 Å². The highest BCUT2D eigenvalue weighted by Crippen LogP contribution is 2.24. The molecule has 0 bridgehead atoms. The second-order valence-electron chi connectivity index (χ2n) is 5.55. The van der Waals surface area contributed by atoms with Gasteiger partial charge >= 0.3 is 0 Å². The Hall–Kier alpha value is -2.88. The number of sulfone groups is 1. The number of aryl methyl sites for hydroxylation is 1. The number of nitriles is 1. The summed E-state index contributed by atoms with van der Waals surface area (Å²) in [7, 11) is -4.04. The average molecular weight is 386 g/mol. The van der Waals surface area contributed by atoms with E-state index in [2.05, 4.69) is 0 Å². The van der Waals surface area contributed by atoms with Gasteiger partial charge in [0.1, 0.15) is 22.8 Å². The van der Waals surface area contributed by atoms with Crippen LogP contribution in [0.15, 0.2) is 67.7 Å². The molecule has 5 nitrogen and oxygen atoms in total. The highest BCUT2D eigenvalue weighted by atomic mass is 35.5. The van der Waals surface area contributed by atoms with Crippen molar-refractivity contribution < 1.29 is 12.8 Å². The summed E-state index contributed by atoms with van der Waals surface area (Å²) < 4.78 is 30.6. The molecule has 0 fully saturated rings. The lowest BCUT2D eigenvalue weighted by Crippen LogP contribution is -2.08. The molecule has 7 heteroatoms. The Kier molecular flexibility index (Phi) is 4.68. The van der Waals surface area contributed by atoms with E-state index in [1.54, 1.807) is 37.3 Å². The van der Waals surface area contributed by atoms with Crippen LogP contribution in [0.3, 0.4) is 0 Å². The molecule has 0 spiro atoms. The van der Waals surface area contributed by atoms with Crippen LogP contribution in [0.1, 0.15) is 11.1 Å². The van der Waals surface area contributed by atoms with E-state index in [4.69, 9.17) is 16.0 Å². The third-order valence-corrected chi connectivity index (χ3v) is 5.91. The average Bonchev–Trinajstić information content (AvgIpc) is 2.63. The summed E-state index contributed by atoms with van der Waals surface area (Å²) in [6.45, 7) is 1.77. The van der Waals surface area contributed by atoms with Crippen LogP contribution in [-0.4, -0.2) is 8.42 Å². The Morgan fingerprint density at radius 3 is 2.58 bits per heavy atom. The topological polar surface area (TPSA) is 88.1 Å². The van der Waals surface area contributed by atoms with Gasteiger partial charge < -0.3 is 4.42 Å². The quantitative estimate of drug-likeness (QED) is 0.633. The lowest BCUT2D eigenvalue weighted by Gasteiger charge is -2.04. The Morgan fingerprint density at radius 2 is 1.92 bits per heavy atom. The predicted molar refractivity (Wildman–Crippen MR) is 99.4 cm³/mol. The normalized spacial score (nSPS) is 12.1. The lowest BCUT2D eigenvalue weighted by molar-refractivity contribution is 0.600. The van der Waals surface area contributed by atoms with Gasteiger partial charge in [-0.1, -0.05) is 29.8 Å². The zero-order chi connectivity index (χ0) is 18.9. The molecule has 1 heterocycles. The summed E-state index contributed by atoms with van der Waals surface area (Å²) in [5, 5.41) is 9.92. The molecule has 0 atom stereocenters. The first kappa shape index (κ1) is 17.9. The van der Waals surface area contributed by atoms with E-state index >= 15 is 0 Å². The number of nitrogens with zero attached hydrogens (tertiary/aromatic N) is 1. The van der Waals surface area contributed by atoms with Gasteiger partial charge in [-0.3, -0.25) is 4.79 Å². The minimum Gasteiger partial charge on any atom is -0.463 e. The standard InChI is InChI=1S/C19H12ClNO4S/c1-12-7-18-16(9-17(12)20)19(22)13(11-25-18)8-15(10-21)26(23,24)14-5-3-2-4-6-14/h2-9,11H,1H3/b15-8+. The van der Waals surface area contributed by atoms with Gasteiger partial charge in [0.2, 0.25) is 9.84 Å². The molecule has 0 aliphatic rings. The third kappa shape index (κ3) is 3.15. The third-order valence-electron chi connectivity index (χ3n) is 3.82. The fourth-order valence-electron chi connectivity index (χ4n) is 2.40. The van der Waals surface area contributed by atoms with E-state index in [1.807, 2.05) is 0 Å². The number of rotatable bonds is 3. The first-order chi connectivity index (χ1) is 12.3. The number of benzene rings is 2. The van der Waals surface area contributed by atoms with Crippen LogP contribution < -0.4 is 5.43 Å². The molecular formula is C19H12ClNO4S. The lowest BCUT2D eigenvalue weighted by atomic mass is 10.1. The molecule has 0 aliphatic carbocycles. The molecule has 0 saturated carbocycles. The molecule has 0 radical (unpaired) electrons. The second kappa shape index (κ2) is 6.79. The van der Waals surface area contributed by atoms with Gasteiger partial charge in [0.15, 0.2) is 5.43 Å². The van der Waals surface area contributed by atoms with E-state index in [0.717, 1.165) is 17.9 Å². The van der Waals surface area contributed by atoms with Crippen LogP contribution in [0.25, 0.3) is 17.0 Å². The molecule has 0 saturated heterocycles. The fourth-order valence-corrected chi connectivity index (χ4v) is 3.74. The molecule has 1 aromatic heterocycles. The van der Waals surface area contributed by atoms with E-state index in [-0.39, 0.29) is 15.8 Å². The molecular weight excluding hydrogens is 374 g/mol. The van der Waals surface area contributed by atoms with Crippen molar-refractivity contribution in [2.24, 2.45) is 0 Å². The largest absolute Gasteiger partial charge is 0.463 e. The van der Waals surface area contributed by atoms with Crippen molar-refractivity contribution in [2.45, 2.75) is 11.8 Å². The van der Waals surface area contributed by atoms with Gasteiger partial charge in [0.05, 0.1) is 15.8 Å². The van der Waals surface area contributed by atoms with Gasteiger partial charge in [-0.05, 0) is 42.8 Å². The van der Waals surface area contributed by atoms with Crippen LogP contribution >= 0.6 is 11.6 Å². The zero-order valence-corrected chi connectivity index (χ0v) is 15.1. The number of hydrogen-bond donors (Lipinski definition) is 0. The number of fused-ring (bicyclic) bond motifs is 1. The van der Waals surface area contributed by atoms with E-state index in [1.165, 1.54) is 18.2 Å². The number of allylic oxidation sites excluding steroid dienone is 1. The van der Waals surface area contributed by atoms with Gasteiger partial charge in [0.25, 0.3) is 0 Å². The van der Waals surface area contributed by atoms with E-state index < -0.39 is 20.2 Å². The van der Waals surface area contributed by atoms with Crippen molar-refractivity contribution in [1.82, 2.24) is 0 Å². The molecule has 2 aromatic carbocycles. The minimum atomic E-state index is -4.04. The van der Waals surface area contributed by atoms with Crippen molar-refractivity contribution in [3.63, 3.8) is 0 Å². The van der Waals surface area contributed by atoms with Crippen LogP contribution in [0, 0.1) is 18.3 Å². The Balaban J connectivity index is 2.20. The zero-order valence-electron chi connectivity index (χ0n) is 13.6. The van der Waals surface area contributed by atoms with Crippen molar-refractivity contribution in [1.29, 1.82) is 5.26 Å². The maximum Gasteiger partial charge on any atom is 0.216 e. The summed E-state index contributed by atoms with van der Waals surface area (Å²) in [6.07, 6.45) is 2.15. The minimum absolute atomic E-state index is 0.0309. The molecule has 0 aliphatic heterocycles. The molecule has 0 amide bonds. The summed E-state index contributed by atoms with van der Waals surface area (Å²) in [4.78, 5) is 12.1. The maximum atomic E-state index is 12.6. The molecule has 3 aromatic rings. The molecule has 130 valence electrons. The first-order valence-electron chi connectivity index (χ1n) is 7.48. The highest BCUT2D eigenvalue weighted by molar-refractivity contribution is 7.95. The Bertz CT molecular complexity index is 1240. The Labute approximate surface area is 154 Å². The summed E-state index contributed by atoms with van der Waals surface area (Å²) in [5.74, 6) is 0. The summed E-state index contributed by atoms with van der Waals surface area (Å²) in [6, 6.07) is 12.3. The maximum absolute atomic E-state index is 12.6. The smallest absolute Gasteiger partial charge is 0.216 e. The monoisotopic (exact) mass is 385 g/mol. The number of halogens is 1. The van der Waals surface area contributed by atoms with E-state index in [0.29, 0.717) is 10.6 Å². The first-order valence-corrected chi connectivity index (χ1v) is 9.34. The summed E-state index contributed by atoms with van der Waals surface area (Å²) in [5.41, 5.74) is 0.561. The second-order valence-corrected chi connectivity index (χ2v) is 7.88. The Morgan fingerprint density at radius 1 is 1.23 bits per heavy atom. The molecule has 26 heavy (non-hydrogen) atoms. The van der Waals surface area contributed by atoms with Gasteiger partial charge in [-0.15, -0.1) is 0 Å². The van der Waals surface area contributed by atoms with Crippen molar-refractivity contribution in [3.05, 3.63) is 80.0 Å². The molecule has 0 N–H and O–H groups in total. The summed E-state index contributed by atoms with van der Waals surface area (Å²) >= 11 is 6.05. The van der Waals surface area contributed by atoms with Crippen LogP contribution in [0.5, 0.6) is 0 Å². The van der Waals surface area contributed by atoms with Gasteiger partial charge in [0, 0.05) is 5.02 Å². The van der Waals surface area contributed by atoms with Crippen LogP contribution in [0.2, 0.25) is 5.02 Å². The molecule has 0 unspecified atom stereocenters. The van der Waals surface area contributed by atoms with Crippen molar-refractivity contribution in [2.75, 3.05) is 0 Å². The molecule has 3 rings (SSSR count). The SMILES string of the molecule is Cc1cc2occ(/C=C(\C#N)S(=O)(=O)c3ccccc3)c(=O)c2cc1Cl. The fraction of sp³-hybridized carbons (Fsp3) is 0.0526. The van der Waals surface area contributed by atoms with E-state index in [9.17, 15) is 18.5 Å². The predicted octanol–water partition coefficient (Wildman–Crippen LogP) is 4.09. The number of hydrogen-bond acceptors (Lipinski definition) is 5. The van der Waals surface area contributed by atoms with Crippen molar-refractivity contribution >= 4 is 38.5 Å². The highest BCUT2D eigenvalue weighted by Gasteiger charge is 2.21.